The number of carbonyl (C=O) groups is 2. The molecule has 0 fully saturated rings. The van der Waals surface area contributed by atoms with Crippen LogP contribution in [0.2, 0.25) is 0 Å². The Kier molecular flexibility index (Phi) is 7.59. The molecule has 0 rings (SSSR count). The van der Waals surface area contributed by atoms with Gasteiger partial charge in [0, 0.05) is 12.3 Å². The number of carbonyl (C=O) groups excluding carboxylic acids is 2. The van der Waals surface area contributed by atoms with E-state index in [2.05, 4.69) is 11.8 Å². The molecule has 0 aliphatic heterocycles. The zero-order valence-corrected chi connectivity index (χ0v) is 12.3. The van der Waals surface area contributed by atoms with Crippen LogP contribution in [0.4, 0.5) is 0 Å². The summed E-state index contributed by atoms with van der Waals surface area (Å²) in [6.45, 7) is 5.43. The summed E-state index contributed by atoms with van der Waals surface area (Å²) in [6, 6.07) is 0. The second-order valence-electron chi connectivity index (χ2n) is 4.18. The molecule has 0 aliphatic carbocycles. The monoisotopic (exact) mass is 266 g/mol. The van der Waals surface area contributed by atoms with E-state index in [1.165, 1.54) is 14.2 Å². The average molecular weight is 266 g/mol. The van der Waals surface area contributed by atoms with Gasteiger partial charge in [-0.05, 0) is 13.3 Å². The molecule has 0 radical (unpaired) electrons. The van der Waals surface area contributed by atoms with Gasteiger partial charge in [-0.2, -0.15) is 0 Å². The van der Waals surface area contributed by atoms with Gasteiger partial charge >= 0.3 is 11.9 Å². The lowest BCUT2D eigenvalue weighted by atomic mass is 9.73. The summed E-state index contributed by atoms with van der Waals surface area (Å²) in [5, 5.41) is 0. The van der Waals surface area contributed by atoms with Gasteiger partial charge in [0.2, 0.25) is 0 Å². The van der Waals surface area contributed by atoms with Gasteiger partial charge in [0.15, 0.2) is 5.41 Å². The molecule has 0 spiro atoms. The molecule has 0 aliphatic rings. The Morgan fingerprint density at radius 3 is 2.16 bits per heavy atom. The summed E-state index contributed by atoms with van der Waals surface area (Å²) >= 11 is 0. The van der Waals surface area contributed by atoms with Crippen molar-refractivity contribution < 1.29 is 19.1 Å². The fourth-order valence-electron chi connectivity index (χ4n) is 1.86. The Bertz CT molecular complexity index is 382. The van der Waals surface area contributed by atoms with Crippen LogP contribution >= 0.6 is 0 Å². The van der Waals surface area contributed by atoms with Crippen LogP contribution in [-0.4, -0.2) is 26.2 Å². The molecule has 0 aromatic heterocycles. The van der Waals surface area contributed by atoms with Crippen LogP contribution < -0.4 is 0 Å². The lowest BCUT2D eigenvalue weighted by Gasteiger charge is -2.30. The van der Waals surface area contributed by atoms with Crippen molar-refractivity contribution in [2.24, 2.45) is 11.3 Å². The number of methoxy groups -OCH3 is 2. The molecule has 4 nitrogen and oxygen atoms in total. The Morgan fingerprint density at radius 1 is 1.26 bits per heavy atom. The van der Waals surface area contributed by atoms with E-state index >= 15 is 0 Å². The van der Waals surface area contributed by atoms with E-state index in [0.717, 1.165) is 6.42 Å². The molecule has 0 heterocycles. The van der Waals surface area contributed by atoms with Crippen LogP contribution in [-0.2, 0) is 19.1 Å². The molecule has 106 valence electrons. The number of hydrogen-bond donors (Lipinski definition) is 0. The topological polar surface area (TPSA) is 52.6 Å². The molecule has 0 aromatic carbocycles. The summed E-state index contributed by atoms with van der Waals surface area (Å²) in [7, 11) is 2.52. The van der Waals surface area contributed by atoms with Crippen molar-refractivity contribution in [2.45, 2.75) is 33.6 Å². The van der Waals surface area contributed by atoms with Gasteiger partial charge in [0.1, 0.15) is 0 Å². The Balaban J connectivity index is 5.70. The standard InChI is InChI=1S/C15H22O4/c1-6-8-10-12(3)15(11-9-7-2,13(16)18-4)14(17)19-5/h8,10,12H,6,11H2,1-5H3/b10-8+. The largest absolute Gasteiger partial charge is 0.468 e. The van der Waals surface area contributed by atoms with Crippen LogP contribution in [0.3, 0.4) is 0 Å². The minimum Gasteiger partial charge on any atom is -0.468 e. The normalized spacial score (nSPS) is 12.5. The predicted molar refractivity (Wildman–Crippen MR) is 73.1 cm³/mol. The molecule has 19 heavy (non-hydrogen) atoms. The van der Waals surface area contributed by atoms with Gasteiger partial charge in [0.25, 0.3) is 0 Å². The number of hydrogen-bond acceptors (Lipinski definition) is 4. The zero-order valence-electron chi connectivity index (χ0n) is 12.3. The summed E-state index contributed by atoms with van der Waals surface area (Å²) in [5.41, 5.74) is -1.40. The smallest absolute Gasteiger partial charge is 0.324 e. The van der Waals surface area contributed by atoms with Gasteiger partial charge < -0.3 is 9.47 Å². The molecule has 0 saturated carbocycles. The van der Waals surface area contributed by atoms with Crippen LogP contribution in [0, 0.1) is 23.2 Å². The molecule has 1 unspecified atom stereocenters. The lowest BCUT2D eigenvalue weighted by Crippen LogP contribution is -2.45. The molecular formula is C15H22O4. The molecule has 0 bridgehead atoms. The highest BCUT2D eigenvalue weighted by Gasteiger charge is 2.51. The minimum absolute atomic E-state index is 0.0814. The maximum Gasteiger partial charge on any atom is 0.324 e. The van der Waals surface area contributed by atoms with Gasteiger partial charge in [-0.25, -0.2) is 0 Å². The first-order valence-corrected chi connectivity index (χ1v) is 6.24. The van der Waals surface area contributed by atoms with Gasteiger partial charge in [0.05, 0.1) is 14.2 Å². The third kappa shape index (κ3) is 3.85. The maximum absolute atomic E-state index is 12.1. The quantitative estimate of drug-likeness (QED) is 0.320. The van der Waals surface area contributed by atoms with Crippen molar-refractivity contribution in [1.82, 2.24) is 0 Å². The Hall–Kier alpha value is -1.76. The average Bonchev–Trinajstić information content (AvgIpc) is 2.44. The van der Waals surface area contributed by atoms with Crippen molar-refractivity contribution in [1.29, 1.82) is 0 Å². The lowest BCUT2D eigenvalue weighted by molar-refractivity contribution is -0.171. The second-order valence-corrected chi connectivity index (χ2v) is 4.18. The molecule has 0 aromatic rings. The maximum atomic E-state index is 12.1. The molecular weight excluding hydrogens is 244 g/mol. The summed E-state index contributed by atoms with van der Waals surface area (Å²) < 4.78 is 9.59. The first-order chi connectivity index (χ1) is 9.00. The third-order valence-electron chi connectivity index (χ3n) is 3.08. The fourth-order valence-corrected chi connectivity index (χ4v) is 1.86. The predicted octanol–water partition coefficient (Wildman–Crippen LogP) is 2.33. The number of allylic oxidation sites excluding steroid dienone is 2. The first kappa shape index (κ1) is 17.2. The van der Waals surface area contributed by atoms with E-state index in [4.69, 9.17) is 9.47 Å². The second kappa shape index (κ2) is 8.36. The first-order valence-electron chi connectivity index (χ1n) is 6.24. The van der Waals surface area contributed by atoms with Gasteiger partial charge in [-0.15, -0.1) is 11.8 Å². The third-order valence-corrected chi connectivity index (χ3v) is 3.08. The SMILES string of the molecule is CC#CCC(C(=O)OC)(C(=O)OC)C(C)/C=C/CC. The summed E-state index contributed by atoms with van der Waals surface area (Å²) in [5.74, 6) is 3.91. The van der Waals surface area contributed by atoms with E-state index < -0.39 is 17.4 Å². The van der Waals surface area contributed by atoms with Crippen molar-refractivity contribution in [2.75, 3.05) is 14.2 Å². The van der Waals surface area contributed by atoms with E-state index in [-0.39, 0.29) is 12.3 Å². The van der Waals surface area contributed by atoms with Crippen LogP contribution in [0.25, 0.3) is 0 Å². The highest BCUT2D eigenvalue weighted by molar-refractivity contribution is 6.01. The van der Waals surface area contributed by atoms with Crippen molar-refractivity contribution >= 4 is 11.9 Å². The molecule has 4 heteroatoms. The van der Waals surface area contributed by atoms with Crippen LogP contribution in [0.1, 0.15) is 33.6 Å². The van der Waals surface area contributed by atoms with Crippen molar-refractivity contribution in [3.05, 3.63) is 12.2 Å². The van der Waals surface area contributed by atoms with Gasteiger partial charge in [-0.3, -0.25) is 9.59 Å². The number of esters is 2. The molecule has 0 saturated heterocycles. The van der Waals surface area contributed by atoms with E-state index in [1.807, 2.05) is 19.1 Å². The number of rotatable bonds is 6. The zero-order chi connectivity index (χ0) is 14.9. The summed E-state index contributed by atoms with van der Waals surface area (Å²) in [6.07, 6.45) is 4.64. The number of ether oxygens (including phenoxy) is 2. The molecule has 0 amide bonds. The fraction of sp³-hybridized carbons (Fsp3) is 0.600. The highest BCUT2D eigenvalue weighted by atomic mass is 16.5. The Morgan fingerprint density at radius 2 is 1.79 bits per heavy atom. The summed E-state index contributed by atoms with van der Waals surface area (Å²) in [4.78, 5) is 24.2. The van der Waals surface area contributed by atoms with E-state index in [9.17, 15) is 9.59 Å². The minimum atomic E-state index is -1.40. The van der Waals surface area contributed by atoms with Crippen LogP contribution in [0.5, 0.6) is 0 Å². The molecule has 1 atom stereocenters. The van der Waals surface area contributed by atoms with Crippen molar-refractivity contribution in [3.63, 3.8) is 0 Å². The van der Waals surface area contributed by atoms with Gasteiger partial charge in [-0.1, -0.05) is 26.0 Å². The highest BCUT2D eigenvalue weighted by Crippen LogP contribution is 2.35. The van der Waals surface area contributed by atoms with Crippen molar-refractivity contribution in [3.8, 4) is 11.8 Å². The van der Waals surface area contributed by atoms with E-state index in [0.29, 0.717) is 0 Å². The molecule has 0 N–H and O–H groups in total. The Labute approximate surface area is 115 Å². The van der Waals surface area contributed by atoms with E-state index in [1.54, 1.807) is 13.8 Å². The van der Waals surface area contributed by atoms with Crippen LogP contribution in [0.15, 0.2) is 12.2 Å².